The van der Waals surface area contributed by atoms with Crippen LogP contribution in [0.25, 0.3) is 32.1 Å². The lowest BCUT2D eigenvalue weighted by molar-refractivity contribution is -0.145. The van der Waals surface area contributed by atoms with Gasteiger partial charge in [0.15, 0.2) is 12.5 Å². The fourth-order valence-electron chi connectivity index (χ4n) is 7.20. The van der Waals surface area contributed by atoms with Crippen molar-refractivity contribution >= 4 is 54.9 Å². The first-order valence-corrected chi connectivity index (χ1v) is 18.6. The average Bonchev–Trinajstić information content (AvgIpc) is 3.97. The van der Waals surface area contributed by atoms with Crippen LogP contribution in [0.15, 0.2) is 30.5 Å². The number of pyridine rings is 1. The highest BCUT2D eigenvalue weighted by atomic mass is 32.1. The maximum atomic E-state index is 17.5. The Morgan fingerprint density at radius 2 is 1.93 bits per heavy atom. The molecule has 1 aliphatic carbocycles. The Morgan fingerprint density at radius 3 is 2.57 bits per heavy atom. The molecule has 3 atom stereocenters. The summed E-state index contributed by atoms with van der Waals surface area (Å²) in [6.45, 7) is 4.59. The predicted molar refractivity (Wildman–Crippen MR) is 201 cm³/mol. The minimum atomic E-state index is -5.25. The van der Waals surface area contributed by atoms with Gasteiger partial charge >= 0.3 is 18.2 Å². The molecule has 12 nitrogen and oxygen atoms in total. The summed E-state index contributed by atoms with van der Waals surface area (Å²) < 4.78 is 96.6. The van der Waals surface area contributed by atoms with E-state index in [2.05, 4.69) is 25.6 Å². The molecule has 294 valence electrons. The van der Waals surface area contributed by atoms with Crippen molar-refractivity contribution in [3.8, 4) is 29.0 Å². The zero-order valence-corrected chi connectivity index (χ0v) is 31.7. The van der Waals surface area contributed by atoms with Crippen LogP contribution in [-0.4, -0.2) is 60.5 Å². The molecule has 1 fully saturated rings. The Bertz CT molecular complexity index is 2400. The van der Waals surface area contributed by atoms with Crippen molar-refractivity contribution in [1.82, 2.24) is 15.0 Å². The summed E-state index contributed by atoms with van der Waals surface area (Å²) in [5, 5.41) is 15.5. The van der Waals surface area contributed by atoms with Crippen molar-refractivity contribution in [2.45, 2.75) is 57.9 Å². The summed E-state index contributed by atoms with van der Waals surface area (Å²) in [5.74, 6) is -3.45. The third-order valence-corrected chi connectivity index (χ3v) is 11.3. The SMILES string of the molecule is CNc1ncccc1C(C)N1c2nc(OC)nc3c(F)c(-c4ccc(F)c5sc(NCOC(=O)C(N)C(C)C)c(C#N)c45)c(C(F)(F)F)c(c23)OCC1C1CC1. The number of nitrogens with one attached hydrogen (secondary N) is 2. The predicted octanol–water partition coefficient (Wildman–Crippen LogP) is 7.76. The van der Waals surface area contributed by atoms with Gasteiger partial charge in [0.25, 0.3) is 0 Å². The molecule has 4 N–H and O–H groups in total. The summed E-state index contributed by atoms with van der Waals surface area (Å²) in [7, 11) is 2.96. The highest BCUT2D eigenvalue weighted by Gasteiger charge is 2.47. The van der Waals surface area contributed by atoms with Gasteiger partial charge in [0.05, 0.1) is 34.8 Å². The second kappa shape index (κ2) is 14.8. The fraction of sp³-hybridized carbons (Fsp3) is 0.395. The van der Waals surface area contributed by atoms with E-state index in [0.717, 1.165) is 25.0 Å². The molecule has 7 rings (SSSR count). The van der Waals surface area contributed by atoms with Crippen molar-refractivity contribution in [3.63, 3.8) is 0 Å². The van der Waals surface area contributed by atoms with E-state index in [1.165, 1.54) is 7.11 Å². The molecule has 1 aliphatic heterocycles. The second-order valence-corrected chi connectivity index (χ2v) is 14.9. The van der Waals surface area contributed by atoms with Crippen molar-refractivity contribution in [1.29, 1.82) is 5.26 Å². The monoisotopic (exact) mass is 796 g/mol. The maximum Gasteiger partial charge on any atom is 0.420 e. The Labute approximate surface area is 321 Å². The normalized spacial score (nSPS) is 16.6. The number of fused-ring (bicyclic) bond motifs is 1. The lowest BCUT2D eigenvalue weighted by Crippen LogP contribution is -2.43. The largest absolute Gasteiger partial charge is 0.490 e. The Morgan fingerprint density at radius 1 is 1.18 bits per heavy atom. The van der Waals surface area contributed by atoms with Crippen molar-refractivity contribution in [2.75, 3.05) is 43.0 Å². The molecular formula is C38H37F5N8O4S. The van der Waals surface area contributed by atoms with E-state index in [1.54, 1.807) is 33.2 Å². The zero-order chi connectivity index (χ0) is 40.2. The van der Waals surface area contributed by atoms with E-state index in [0.29, 0.717) is 22.7 Å². The van der Waals surface area contributed by atoms with Gasteiger partial charge in [-0.15, -0.1) is 11.3 Å². The first-order chi connectivity index (χ1) is 26.7. The summed E-state index contributed by atoms with van der Waals surface area (Å²) in [6.07, 6.45) is -2.09. The molecule has 0 amide bonds. The standard InChI is InChI=1S/C38H37F5N8O4S/c1-16(2)29(45)36(52)55-15-48-35-21(13-44)24-20(10-11-22(39)32(24)56-35)25-27(38(41,42)43)31-26-30(28(25)40)49-37(53-5)50-34(26)51(23(14-54-31)18-8-9-18)17(3)19-7-6-12-47-33(19)46-4/h6-7,10-12,16-18,23,29,48H,8-9,14-15,45H2,1-5H3,(H,46,47). The van der Waals surface area contributed by atoms with E-state index in [9.17, 15) is 10.1 Å². The van der Waals surface area contributed by atoms with Crippen molar-refractivity contribution in [3.05, 3.63) is 58.8 Å². The number of nitriles is 1. The van der Waals surface area contributed by atoms with Crippen LogP contribution >= 0.6 is 11.3 Å². The van der Waals surface area contributed by atoms with Crippen LogP contribution in [0.5, 0.6) is 11.8 Å². The van der Waals surface area contributed by atoms with Gasteiger partial charge in [0.1, 0.15) is 58.0 Å². The van der Waals surface area contributed by atoms with Crippen molar-refractivity contribution in [2.24, 2.45) is 17.6 Å². The average molecular weight is 797 g/mol. The van der Waals surface area contributed by atoms with E-state index < -0.39 is 76.6 Å². The number of carbonyl (C=O) groups excluding carboxylic acids is 1. The summed E-state index contributed by atoms with van der Waals surface area (Å²) in [6, 6.07) is 5.06. The van der Waals surface area contributed by atoms with E-state index in [4.69, 9.17) is 19.9 Å². The maximum absolute atomic E-state index is 17.5. The molecule has 3 aromatic heterocycles. The summed E-state index contributed by atoms with van der Waals surface area (Å²) in [4.78, 5) is 27.4. The molecule has 0 saturated heterocycles. The molecule has 5 aromatic rings. The number of methoxy groups -OCH3 is 1. The third kappa shape index (κ3) is 6.61. The summed E-state index contributed by atoms with van der Waals surface area (Å²) in [5.41, 5.74) is 2.82. The smallest absolute Gasteiger partial charge is 0.420 e. The number of rotatable bonds is 11. The van der Waals surface area contributed by atoms with E-state index >= 15 is 22.0 Å². The molecule has 18 heteroatoms. The quantitative estimate of drug-likeness (QED) is 0.0678. The first-order valence-electron chi connectivity index (χ1n) is 17.7. The van der Waals surface area contributed by atoms with E-state index in [-0.39, 0.29) is 56.3 Å². The van der Waals surface area contributed by atoms with Gasteiger partial charge in [-0.3, -0.25) is 4.79 Å². The highest BCUT2D eigenvalue weighted by Crippen LogP contribution is 2.55. The number of halogens is 5. The fourth-order valence-corrected chi connectivity index (χ4v) is 8.26. The number of ether oxygens (including phenoxy) is 3. The van der Waals surface area contributed by atoms with Crippen LogP contribution in [0.2, 0.25) is 0 Å². The zero-order valence-electron chi connectivity index (χ0n) is 30.8. The lowest BCUT2D eigenvalue weighted by atomic mass is 9.91. The molecule has 4 heterocycles. The molecule has 0 bridgehead atoms. The number of thiophene rings is 1. The number of nitrogens with zero attached hydrogens (tertiary/aromatic N) is 5. The van der Waals surface area contributed by atoms with Crippen LogP contribution in [0.1, 0.15) is 56.3 Å². The van der Waals surface area contributed by atoms with Gasteiger partial charge in [-0.2, -0.15) is 28.4 Å². The number of carbonyl (C=O) groups is 1. The summed E-state index contributed by atoms with van der Waals surface area (Å²) >= 11 is 0.692. The molecule has 1 saturated carbocycles. The number of anilines is 3. The van der Waals surface area contributed by atoms with Crippen molar-refractivity contribution < 1.29 is 41.0 Å². The number of hydrogen-bond acceptors (Lipinski definition) is 13. The van der Waals surface area contributed by atoms with E-state index in [1.807, 2.05) is 24.0 Å². The van der Waals surface area contributed by atoms with Crippen LogP contribution in [0, 0.1) is 34.8 Å². The van der Waals surface area contributed by atoms with Crippen LogP contribution in [-0.2, 0) is 15.7 Å². The Hall–Kier alpha value is -5.54. The minimum Gasteiger partial charge on any atom is -0.490 e. The van der Waals surface area contributed by atoms with Crippen LogP contribution in [0.3, 0.4) is 0 Å². The first kappa shape index (κ1) is 38.7. The number of esters is 1. The van der Waals surface area contributed by atoms with Gasteiger partial charge in [-0.1, -0.05) is 26.0 Å². The lowest BCUT2D eigenvalue weighted by Gasteiger charge is -2.37. The number of benzene rings is 2. The van der Waals surface area contributed by atoms with Gasteiger partial charge < -0.3 is 35.5 Å². The van der Waals surface area contributed by atoms with Crippen LogP contribution < -0.4 is 30.7 Å². The minimum absolute atomic E-state index is 0.0168. The topological polar surface area (TPSA) is 161 Å². The molecule has 0 spiro atoms. The third-order valence-electron chi connectivity index (χ3n) is 10.2. The molecular weight excluding hydrogens is 760 g/mol. The van der Waals surface area contributed by atoms with Gasteiger partial charge in [0.2, 0.25) is 0 Å². The van der Waals surface area contributed by atoms with Gasteiger partial charge in [-0.25, -0.2) is 13.8 Å². The molecule has 56 heavy (non-hydrogen) atoms. The molecule has 2 aliphatic rings. The number of alkyl halides is 3. The Kier molecular flexibility index (Phi) is 10.3. The second-order valence-electron chi connectivity index (χ2n) is 13.9. The van der Waals surface area contributed by atoms with Gasteiger partial charge in [0, 0.05) is 29.8 Å². The number of hydrogen-bond donors (Lipinski definition) is 3. The van der Waals surface area contributed by atoms with Gasteiger partial charge in [-0.05, 0) is 49.3 Å². The molecule has 2 aromatic carbocycles. The van der Waals surface area contributed by atoms with Crippen LogP contribution in [0.4, 0.5) is 38.6 Å². The Balaban J connectivity index is 1.48. The number of aromatic nitrogens is 3. The number of nitrogens with two attached hydrogens (primary N) is 1. The highest BCUT2D eigenvalue weighted by molar-refractivity contribution is 7.23. The molecule has 3 unspecified atom stereocenters. The molecule has 0 radical (unpaired) electrons.